The first kappa shape index (κ1) is 19.5. The number of halogens is 1. The number of fused-ring (bicyclic) bond motifs is 1. The minimum atomic E-state index is -0.532. The number of hydrogen-bond acceptors (Lipinski definition) is 4. The molecule has 7 nitrogen and oxygen atoms in total. The zero-order valence-corrected chi connectivity index (χ0v) is 16.9. The number of hydrogen-bond donors (Lipinski definition) is 0. The smallest absolute Gasteiger partial charge is 0.410 e. The number of aryl methyl sites for hydroxylation is 1. The van der Waals surface area contributed by atoms with Gasteiger partial charge in [-0.05, 0) is 39.3 Å². The number of pyridine rings is 1. The van der Waals surface area contributed by atoms with Crippen LogP contribution >= 0.6 is 11.6 Å². The lowest BCUT2D eigenvalue weighted by Gasteiger charge is -2.35. The monoisotopic (exact) mass is 392 g/mol. The van der Waals surface area contributed by atoms with Crippen LogP contribution in [0.4, 0.5) is 4.79 Å². The number of nitrogens with zero attached hydrogens (tertiary/aromatic N) is 4. The fourth-order valence-corrected chi connectivity index (χ4v) is 3.27. The number of aromatic nitrogens is 2. The van der Waals surface area contributed by atoms with Gasteiger partial charge in [-0.1, -0.05) is 18.5 Å². The molecule has 2 aromatic heterocycles. The molecule has 0 radical (unpaired) electrons. The van der Waals surface area contributed by atoms with Crippen LogP contribution in [-0.4, -0.2) is 63.0 Å². The molecule has 0 aromatic carbocycles. The molecule has 8 heteroatoms. The number of ether oxygens (including phenoxy) is 1. The molecule has 1 aliphatic heterocycles. The summed E-state index contributed by atoms with van der Waals surface area (Å²) in [6, 6.07) is 3.57. The second kappa shape index (κ2) is 7.38. The summed E-state index contributed by atoms with van der Waals surface area (Å²) in [6.45, 7) is 9.29. The lowest BCUT2D eigenvalue weighted by Crippen LogP contribution is -2.51. The van der Waals surface area contributed by atoms with E-state index in [9.17, 15) is 9.59 Å². The molecule has 2 aromatic rings. The van der Waals surface area contributed by atoms with Gasteiger partial charge in [0.2, 0.25) is 0 Å². The first-order valence-corrected chi connectivity index (χ1v) is 9.51. The van der Waals surface area contributed by atoms with E-state index in [2.05, 4.69) is 4.98 Å². The highest BCUT2D eigenvalue weighted by atomic mass is 35.5. The average Bonchev–Trinajstić information content (AvgIpc) is 2.97. The highest BCUT2D eigenvalue weighted by Gasteiger charge is 2.30. The van der Waals surface area contributed by atoms with Crippen LogP contribution in [0.5, 0.6) is 0 Å². The number of piperazine rings is 1. The molecule has 146 valence electrons. The molecule has 27 heavy (non-hydrogen) atoms. The number of rotatable bonds is 2. The minimum Gasteiger partial charge on any atom is -0.444 e. The summed E-state index contributed by atoms with van der Waals surface area (Å²) in [4.78, 5) is 33.3. The summed E-state index contributed by atoms with van der Waals surface area (Å²) >= 11 is 6.11. The summed E-state index contributed by atoms with van der Waals surface area (Å²) in [7, 11) is 0. The van der Waals surface area contributed by atoms with Gasteiger partial charge in [0.1, 0.15) is 16.9 Å². The Morgan fingerprint density at radius 3 is 2.37 bits per heavy atom. The van der Waals surface area contributed by atoms with E-state index in [1.165, 1.54) is 0 Å². The van der Waals surface area contributed by atoms with E-state index in [1.807, 2.05) is 27.7 Å². The van der Waals surface area contributed by atoms with Crippen LogP contribution in [-0.2, 0) is 11.2 Å². The summed E-state index contributed by atoms with van der Waals surface area (Å²) < 4.78 is 7.16. The second-order valence-electron chi connectivity index (χ2n) is 7.60. The molecule has 2 amide bonds. The van der Waals surface area contributed by atoms with Gasteiger partial charge < -0.3 is 14.5 Å². The van der Waals surface area contributed by atoms with Crippen LogP contribution in [0.3, 0.4) is 0 Å². The third-order valence-corrected chi connectivity index (χ3v) is 4.63. The van der Waals surface area contributed by atoms with Crippen molar-refractivity contribution in [2.45, 2.75) is 39.7 Å². The zero-order chi connectivity index (χ0) is 19.8. The van der Waals surface area contributed by atoms with E-state index in [0.717, 1.165) is 5.69 Å². The van der Waals surface area contributed by atoms with Crippen molar-refractivity contribution < 1.29 is 14.3 Å². The Bertz CT molecular complexity index is 864. The van der Waals surface area contributed by atoms with Gasteiger partial charge in [-0.15, -0.1) is 0 Å². The van der Waals surface area contributed by atoms with E-state index in [0.29, 0.717) is 49.0 Å². The fraction of sp³-hybridized carbons (Fsp3) is 0.526. The van der Waals surface area contributed by atoms with Crippen LogP contribution < -0.4 is 0 Å². The molecule has 3 rings (SSSR count). The van der Waals surface area contributed by atoms with Gasteiger partial charge >= 0.3 is 6.09 Å². The Labute approximate surface area is 163 Å². The van der Waals surface area contributed by atoms with Gasteiger partial charge in [-0.2, -0.15) is 0 Å². The Kier molecular flexibility index (Phi) is 5.33. The predicted octanol–water partition coefficient (Wildman–Crippen LogP) is 3.24. The van der Waals surface area contributed by atoms with E-state index in [4.69, 9.17) is 16.3 Å². The van der Waals surface area contributed by atoms with Gasteiger partial charge in [0.25, 0.3) is 5.91 Å². The molecule has 1 fully saturated rings. The molecular formula is C19H25ClN4O3. The summed E-state index contributed by atoms with van der Waals surface area (Å²) in [5.41, 5.74) is 1.46. The van der Waals surface area contributed by atoms with Crippen LogP contribution in [0.15, 0.2) is 18.3 Å². The first-order chi connectivity index (χ1) is 12.7. The zero-order valence-electron chi connectivity index (χ0n) is 16.2. The maximum absolute atomic E-state index is 13.2. The molecule has 0 unspecified atom stereocenters. The second-order valence-corrected chi connectivity index (χ2v) is 8.03. The van der Waals surface area contributed by atoms with Crippen molar-refractivity contribution in [3.05, 3.63) is 34.7 Å². The fourth-order valence-electron chi connectivity index (χ4n) is 3.11. The van der Waals surface area contributed by atoms with Crippen LogP contribution in [0, 0.1) is 0 Å². The number of carbonyl (C=O) groups excluding carboxylic acids is 2. The van der Waals surface area contributed by atoms with Gasteiger partial charge in [0, 0.05) is 32.4 Å². The number of carbonyl (C=O) groups is 2. The normalized spacial score (nSPS) is 15.3. The van der Waals surface area contributed by atoms with Gasteiger partial charge in [-0.25, -0.2) is 9.78 Å². The predicted molar refractivity (Wildman–Crippen MR) is 103 cm³/mol. The number of amides is 2. The van der Waals surface area contributed by atoms with Crippen molar-refractivity contribution in [3.63, 3.8) is 0 Å². The molecular weight excluding hydrogens is 368 g/mol. The highest BCUT2D eigenvalue weighted by molar-refractivity contribution is 6.30. The maximum atomic E-state index is 13.2. The third-order valence-electron chi connectivity index (χ3n) is 4.41. The van der Waals surface area contributed by atoms with Crippen molar-refractivity contribution in [1.29, 1.82) is 0 Å². The minimum absolute atomic E-state index is 0.0922. The highest BCUT2D eigenvalue weighted by Crippen LogP contribution is 2.20. The van der Waals surface area contributed by atoms with Crippen molar-refractivity contribution >= 4 is 29.2 Å². The summed E-state index contributed by atoms with van der Waals surface area (Å²) in [5.74, 6) is -0.0922. The SMILES string of the molecule is CCc1nc2ccc(Cl)cn2c1C(=O)N1CCN(C(=O)OC(C)(C)C)CC1. The Morgan fingerprint density at radius 2 is 1.78 bits per heavy atom. The molecule has 0 atom stereocenters. The lowest BCUT2D eigenvalue weighted by molar-refractivity contribution is 0.0140. The largest absolute Gasteiger partial charge is 0.444 e. The molecule has 3 heterocycles. The van der Waals surface area contributed by atoms with Gasteiger partial charge in [0.15, 0.2) is 0 Å². The van der Waals surface area contributed by atoms with Crippen LogP contribution in [0.2, 0.25) is 5.02 Å². The summed E-state index contributed by atoms with van der Waals surface area (Å²) in [6.07, 6.45) is 2.02. The lowest BCUT2D eigenvalue weighted by atomic mass is 10.2. The quantitative estimate of drug-likeness (QED) is 0.786. The van der Waals surface area contributed by atoms with Crippen molar-refractivity contribution in [3.8, 4) is 0 Å². The molecule has 0 aliphatic carbocycles. The van der Waals surface area contributed by atoms with Crippen LogP contribution in [0.1, 0.15) is 43.9 Å². The molecule has 0 bridgehead atoms. The molecule has 1 aliphatic rings. The Hall–Kier alpha value is -2.28. The van der Waals surface area contributed by atoms with Crippen molar-refractivity contribution in [1.82, 2.24) is 19.2 Å². The molecule has 1 saturated heterocycles. The van der Waals surface area contributed by atoms with Gasteiger partial charge in [0.05, 0.1) is 10.7 Å². The average molecular weight is 393 g/mol. The molecule has 0 N–H and O–H groups in total. The standard InChI is InChI=1S/C19H25ClN4O3/c1-5-14-16(24-12-13(20)6-7-15(24)21-14)17(25)22-8-10-23(11-9-22)18(26)27-19(2,3)4/h6-7,12H,5,8-11H2,1-4H3. The maximum Gasteiger partial charge on any atom is 0.410 e. The Morgan fingerprint density at radius 1 is 1.15 bits per heavy atom. The topological polar surface area (TPSA) is 67.2 Å². The molecule has 0 spiro atoms. The summed E-state index contributed by atoms with van der Waals surface area (Å²) in [5, 5.41) is 0.548. The van der Waals surface area contributed by atoms with E-state index in [1.54, 1.807) is 32.5 Å². The third kappa shape index (κ3) is 4.18. The van der Waals surface area contributed by atoms with E-state index >= 15 is 0 Å². The van der Waals surface area contributed by atoms with Gasteiger partial charge in [-0.3, -0.25) is 9.20 Å². The van der Waals surface area contributed by atoms with Crippen molar-refractivity contribution in [2.75, 3.05) is 26.2 Å². The number of imidazole rings is 1. The molecule has 0 saturated carbocycles. The Balaban J connectivity index is 1.76. The van der Waals surface area contributed by atoms with Crippen molar-refractivity contribution in [2.24, 2.45) is 0 Å². The van der Waals surface area contributed by atoms with E-state index < -0.39 is 5.60 Å². The first-order valence-electron chi connectivity index (χ1n) is 9.13. The van der Waals surface area contributed by atoms with Crippen LogP contribution in [0.25, 0.3) is 5.65 Å². The van der Waals surface area contributed by atoms with E-state index in [-0.39, 0.29) is 12.0 Å².